The largest absolute Gasteiger partial charge is 0.387 e. The average molecular weight is 263 g/mol. The first kappa shape index (κ1) is 12.5. The van der Waals surface area contributed by atoms with E-state index < -0.39 is 0 Å². The van der Waals surface area contributed by atoms with Gasteiger partial charge in [-0.05, 0) is 22.4 Å². The lowest BCUT2D eigenvalue weighted by atomic mass is 10.0. The van der Waals surface area contributed by atoms with Crippen LogP contribution in [0.3, 0.4) is 0 Å². The van der Waals surface area contributed by atoms with Crippen LogP contribution in [0.15, 0.2) is 60.9 Å². The zero-order chi connectivity index (χ0) is 13.8. The molecule has 0 saturated carbocycles. The SMILES string of the molecule is CNc1cncc(NCc2cccc3ccccc23)c1. The van der Waals surface area contributed by atoms with Crippen LogP contribution in [0, 0.1) is 0 Å². The maximum atomic E-state index is 4.21. The lowest BCUT2D eigenvalue weighted by Crippen LogP contribution is -2.01. The fourth-order valence-electron chi connectivity index (χ4n) is 2.32. The summed E-state index contributed by atoms with van der Waals surface area (Å²) in [6.45, 7) is 0.788. The molecule has 0 unspecified atom stereocenters. The van der Waals surface area contributed by atoms with Crippen molar-refractivity contribution in [3.8, 4) is 0 Å². The molecule has 3 aromatic rings. The van der Waals surface area contributed by atoms with E-state index in [1.165, 1.54) is 16.3 Å². The van der Waals surface area contributed by atoms with Gasteiger partial charge in [-0.1, -0.05) is 42.5 Å². The van der Waals surface area contributed by atoms with Gasteiger partial charge in [-0.3, -0.25) is 4.98 Å². The first-order valence-corrected chi connectivity index (χ1v) is 6.70. The number of aromatic nitrogens is 1. The molecule has 3 nitrogen and oxygen atoms in total. The Morgan fingerprint density at radius 2 is 1.75 bits per heavy atom. The highest BCUT2D eigenvalue weighted by atomic mass is 14.9. The molecule has 1 aromatic heterocycles. The maximum Gasteiger partial charge on any atom is 0.0550 e. The van der Waals surface area contributed by atoms with Crippen LogP contribution in [-0.4, -0.2) is 12.0 Å². The minimum Gasteiger partial charge on any atom is -0.387 e. The van der Waals surface area contributed by atoms with Gasteiger partial charge in [-0.15, -0.1) is 0 Å². The third kappa shape index (κ3) is 2.57. The van der Waals surface area contributed by atoms with Crippen molar-refractivity contribution in [2.45, 2.75) is 6.54 Å². The highest BCUT2D eigenvalue weighted by Crippen LogP contribution is 2.20. The number of benzene rings is 2. The zero-order valence-corrected chi connectivity index (χ0v) is 11.4. The van der Waals surface area contributed by atoms with Crippen LogP contribution in [0.5, 0.6) is 0 Å². The van der Waals surface area contributed by atoms with Crippen molar-refractivity contribution >= 4 is 22.1 Å². The molecule has 0 amide bonds. The Kier molecular flexibility index (Phi) is 3.50. The topological polar surface area (TPSA) is 37.0 Å². The van der Waals surface area contributed by atoms with Gasteiger partial charge in [0.2, 0.25) is 0 Å². The minimum absolute atomic E-state index is 0.788. The van der Waals surface area contributed by atoms with Crippen molar-refractivity contribution in [1.82, 2.24) is 4.98 Å². The van der Waals surface area contributed by atoms with Gasteiger partial charge in [0, 0.05) is 13.6 Å². The summed E-state index contributed by atoms with van der Waals surface area (Å²) in [4.78, 5) is 4.21. The lowest BCUT2D eigenvalue weighted by Gasteiger charge is -2.10. The molecule has 0 saturated heterocycles. The van der Waals surface area contributed by atoms with Crippen LogP contribution >= 0.6 is 0 Å². The van der Waals surface area contributed by atoms with E-state index in [9.17, 15) is 0 Å². The summed E-state index contributed by atoms with van der Waals surface area (Å²) in [5.41, 5.74) is 3.32. The summed E-state index contributed by atoms with van der Waals surface area (Å²) in [7, 11) is 1.89. The molecular formula is C17H17N3. The van der Waals surface area contributed by atoms with E-state index in [0.29, 0.717) is 0 Å². The molecule has 1 heterocycles. The molecule has 0 atom stereocenters. The summed E-state index contributed by atoms with van der Waals surface area (Å²) in [6.07, 6.45) is 3.65. The maximum absolute atomic E-state index is 4.21. The number of pyridine rings is 1. The second kappa shape index (κ2) is 5.61. The monoisotopic (exact) mass is 263 g/mol. The third-order valence-corrected chi connectivity index (χ3v) is 3.39. The van der Waals surface area contributed by atoms with E-state index in [2.05, 4.69) is 64.1 Å². The molecule has 0 bridgehead atoms. The van der Waals surface area contributed by atoms with E-state index in [4.69, 9.17) is 0 Å². The van der Waals surface area contributed by atoms with Gasteiger partial charge in [-0.25, -0.2) is 0 Å². The van der Waals surface area contributed by atoms with Gasteiger partial charge in [0.05, 0.1) is 23.8 Å². The number of anilines is 2. The van der Waals surface area contributed by atoms with Crippen LogP contribution in [-0.2, 0) is 6.54 Å². The summed E-state index contributed by atoms with van der Waals surface area (Å²) < 4.78 is 0. The van der Waals surface area contributed by atoms with E-state index in [1.54, 1.807) is 0 Å². The first-order chi connectivity index (χ1) is 9.86. The van der Waals surface area contributed by atoms with Gasteiger partial charge in [0.25, 0.3) is 0 Å². The Labute approximate surface area is 118 Å². The molecule has 0 fully saturated rings. The Balaban J connectivity index is 1.83. The van der Waals surface area contributed by atoms with Gasteiger partial charge in [0.1, 0.15) is 0 Å². The van der Waals surface area contributed by atoms with Crippen LogP contribution in [0.2, 0.25) is 0 Å². The zero-order valence-electron chi connectivity index (χ0n) is 11.4. The lowest BCUT2D eigenvalue weighted by molar-refractivity contribution is 1.15. The van der Waals surface area contributed by atoms with Gasteiger partial charge in [0.15, 0.2) is 0 Å². The second-order valence-corrected chi connectivity index (χ2v) is 4.70. The highest BCUT2D eigenvalue weighted by molar-refractivity contribution is 5.85. The molecule has 0 aliphatic rings. The van der Waals surface area contributed by atoms with Crippen molar-refractivity contribution in [2.24, 2.45) is 0 Å². The molecule has 0 radical (unpaired) electrons. The first-order valence-electron chi connectivity index (χ1n) is 6.70. The number of nitrogens with one attached hydrogen (secondary N) is 2. The van der Waals surface area contributed by atoms with Gasteiger partial charge < -0.3 is 10.6 Å². The predicted molar refractivity (Wildman–Crippen MR) is 85.1 cm³/mol. The highest BCUT2D eigenvalue weighted by Gasteiger charge is 2.01. The predicted octanol–water partition coefficient (Wildman–Crippen LogP) is 3.89. The molecule has 3 heteroatoms. The number of fused-ring (bicyclic) bond motifs is 1. The molecule has 100 valence electrons. The van der Waals surface area contributed by atoms with Crippen LogP contribution in [0.25, 0.3) is 10.8 Å². The fraction of sp³-hybridized carbons (Fsp3) is 0.118. The Bertz CT molecular complexity index is 717. The van der Waals surface area contributed by atoms with E-state index in [-0.39, 0.29) is 0 Å². The summed E-state index contributed by atoms with van der Waals surface area (Å²) in [5.74, 6) is 0. The number of hydrogen-bond donors (Lipinski definition) is 2. The van der Waals surface area contributed by atoms with Crippen molar-refractivity contribution in [3.63, 3.8) is 0 Å². The standard InChI is InChI=1S/C17H17N3/c1-18-15-9-16(12-19-11-15)20-10-14-7-4-6-13-5-2-3-8-17(13)14/h2-9,11-12,18,20H,10H2,1H3. The molecule has 0 aliphatic carbocycles. The molecule has 20 heavy (non-hydrogen) atoms. The van der Waals surface area contributed by atoms with Gasteiger partial charge >= 0.3 is 0 Å². The third-order valence-electron chi connectivity index (χ3n) is 3.39. The molecule has 0 aliphatic heterocycles. The number of rotatable bonds is 4. The molecule has 2 N–H and O–H groups in total. The molecule has 3 rings (SSSR count). The fourth-order valence-corrected chi connectivity index (χ4v) is 2.32. The van der Waals surface area contributed by atoms with Crippen molar-refractivity contribution in [2.75, 3.05) is 17.7 Å². The Hall–Kier alpha value is -2.55. The Morgan fingerprint density at radius 1 is 0.950 bits per heavy atom. The molecular weight excluding hydrogens is 246 g/mol. The number of nitrogens with zero attached hydrogens (tertiary/aromatic N) is 1. The second-order valence-electron chi connectivity index (χ2n) is 4.70. The van der Waals surface area contributed by atoms with E-state index in [0.717, 1.165) is 17.9 Å². The summed E-state index contributed by atoms with van der Waals surface area (Å²) in [5, 5.41) is 9.08. The Morgan fingerprint density at radius 3 is 2.65 bits per heavy atom. The molecule has 2 aromatic carbocycles. The van der Waals surface area contributed by atoms with Crippen molar-refractivity contribution < 1.29 is 0 Å². The quantitative estimate of drug-likeness (QED) is 0.750. The van der Waals surface area contributed by atoms with Crippen molar-refractivity contribution in [3.05, 3.63) is 66.5 Å². The summed E-state index contributed by atoms with van der Waals surface area (Å²) >= 11 is 0. The summed E-state index contributed by atoms with van der Waals surface area (Å²) in [6, 6.07) is 16.9. The van der Waals surface area contributed by atoms with Crippen LogP contribution in [0.1, 0.15) is 5.56 Å². The number of hydrogen-bond acceptors (Lipinski definition) is 3. The minimum atomic E-state index is 0.788. The van der Waals surface area contributed by atoms with E-state index >= 15 is 0 Å². The van der Waals surface area contributed by atoms with E-state index in [1.807, 2.05) is 19.4 Å². The average Bonchev–Trinajstić information content (AvgIpc) is 2.53. The van der Waals surface area contributed by atoms with Crippen LogP contribution in [0.4, 0.5) is 11.4 Å². The smallest absolute Gasteiger partial charge is 0.0550 e. The normalized spacial score (nSPS) is 10.4. The molecule has 0 spiro atoms. The van der Waals surface area contributed by atoms with Crippen LogP contribution < -0.4 is 10.6 Å². The van der Waals surface area contributed by atoms with Gasteiger partial charge in [-0.2, -0.15) is 0 Å². The van der Waals surface area contributed by atoms with Crippen molar-refractivity contribution in [1.29, 1.82) is 0 Å².